The van der Waals surface area contributed by atoms with E-state index in [0.29, 0.717) is 5.56 Å². The van der Waals surface area contributed by atoms with Gasteiger partial charge < -0.3 is 54.0 Å². The molecule has 2 aliphatic heterocycles. The summed E-state index contributed by atoms with van der Waals surface area (Å²) < 4.78 is 28.7. The standard InChI is InChI=1S/C27H30O12/c1-11-20(29)22(31)24(33)26(35-11)37-14-8-17-19(15(28)10-16(38-17)13-6-4-3-5-7-13)18(9-14)39-27-25(34)23(32)21(30)12(2)36-27/h3-12,20-27,29-34H,1-2H3/t11?,12?,20-,21-,22?,23?,24-,25-,26-,27-/m0/s1. The van der Waals surface area contributed by atoms with Crippen molar-refractivity contribution in [1.82, 2.24) is 0 Å². The molecule has 0 spiro atoms. The first-order chi connectivity index (χ1) is 18.5. The summed E-state index contributed by atoms with van der Waals surface area (Å²) >= 11 is 0. The molecule has 2 aromatic carbocycles. The van der Waals surface area contributed by atoms with E-state index in [1.54, 1.807) is 24.3 Å². The van der Waals surface area contributed by atoms with Crippen molar-refractivity contribution in [3.63, 3.8) is 0 Å². The monoisotopic (exact) mass is 546 g/mol. The number of hydrogen-bond acceptors (Lipinski definition) is 12. The maximum Gasteiger partial charge on any atom is 0.229 e. The minimum absolute atomic E-state index is 0.00960. The second-order valence-corrected chi connectivity index (χ2v) is 9.73. The molecule has 2 aliphatic rings. The molecule has 39 heavy (non-hydrogen) atoms. The Morgan fingerprint density at radius 3 is 1.85 bits per heavy atom. The van der Waals surface area contributed by atoms with Crippen LogP contribution in [-0.4, -0.2) is 92.1 Å². The van der Waals surface area contributed by atoms with Crippen LogP contribution >= 0.6 is 0 Å². The van der Waals surface area contributed by atoms with Gasteiger partial charge in [-0.25, -0.2) is 0 Å². The molecule has 210 valence electrons. The first-order valence-electron chi connectivity index (χ1n) is 12.4. The lowest BCUT2D eigenvalue weighted by Crippen LogP contribution is -2.58. The van der Waals surface area contributed by atoms with Gasteiger partial charge >= 0.3 is 0 Å². The van der Waals surface area contributed by atoms with Gasteiger partial charge in [0, 0.05) is 23.8 Å². The maximum absolute atomic E-state index is 13.3. The van der Waals surface area contributed by atoms with Crippen molar-refractivity contribution >= 4 is 11.0 Å². The molecule has 10 atom stereocenters. The van der Waals surface area contributed by atoms with Gasteiger partial charge in [-0.05, 0) is 13.8 Å². The lowest BCUT2D eigenvalue weighted by molar-refractivity contribution is -0.269. The summed E-state index contributed by atoms with van der Waals surface area (Å²) in [7, 11) is 0. The smallest absolute Gasteiger partial charge is 0.229 e. The molecule has 3 heterocycles. The highest BCUT2D eigenvalue weighted by Crippen LogP contribution is 2.35. The van der Waals surface area contributed by atoms with Crippen LogP contribution in [0.15, 0.2) is 57.7 Å². The summed E-state index contributed by atoms with van der Waals surface area (Å²) in [5.74, 6) is 0.0951. The molecule has 0 saturated carbocycles. The predicted octanol–water partition coefficient (Wildman–Crippen LogP) is -0.127. The van der Waals surface area contributed by atoms with Gasteiger partial charge in [-0.2, -0.15) is 0 Å². The number of benzene rings is 2. The zero-order valence-electron chi connectivity index (χ0n) is 21.0. The van der Waals surface area contributed by atoms with E-state index in [1.807, 2.05) is 6.07 Å². The van der Waals surface area contributed by atoms with Crippen LogP contribution in [0, 0.1) is 0 Å². The first-order valence-corrected chi connectivity index (χ1v) is 12.4. The Hall–Kier alpha value is -3.07. The number of rotatable bonds is 5. The van der Waals surface area contributed by atoms with E-state index in [0.717, 1.165) is 0 Å². The van der Waals surface area contributed by atoms with Crippen molar-refractivity contribution in [3.8, 4) is 22.8 Å². The number of hydrogen-bond donors (Lipinski definition) is 6. The molecule has 0 aliphatic carbocycles. The van der Waals surface area contributed by atoms with Crippen LogP contribution in [0.3, 0.4) is 0 Å². The number of ether oxygens (including phenoxy) is 4. The average molecular weight is 547 g/mol. The van der Waals surface area contributed by atoms with Crippen molar-refractivity contribution in [2.75, 3.05) is 0 Å². The van der Waals surface area contributed by atoms with Crippen LogP contribution in [0.4, 0.5) is 0 Å². The topological polar surface area (TPSA) is 189 Å². The third-order valence-corrected chi connectivity index (χ3v) is 6.94. The van der Waals surface area contributed by atoms with Gasteiger partial charge in [0.25, 0.3) is 0 Å². The van der Waals surface area contributed by atoms with Gasteiger partial charge in [0.05, 0.1) is 12.2 Å². The summed E-state index contributed by atoms with van der Waals surface area (Å²) in [5, 5.41) is 61.3. The van der Waals surface area contributed by atoms with Gasteiger partial charge in [-0.1, -0.05) is 30.3 Å². The van der Waals surface area contributed by atoms with Gasteiger partial charge in [0.2, 0.25) is 12.6 Å². The number of aliphatic hydroxyl groups excluding tert-OH is 6. The second-order valence-electron chi connectivity index (χ2n) is 9.73. The minimum atomic E-state index is -1.66. The highest BCUT2D eigenvalue weighted by atomic mass is 16.7. The zero-order chi connectivity index (χ0) is 28.0. The fourth-order valence-electron chi connectivity index (χ4n) is 4.61. The molecule has 3 aromatic rings. The molecule has 0 amide bonds. The largest absolute Gasteiger partial charge is 0.462 e. The fraction of sp³-hybridized carbons (Fsp3) is 0.444. The van der Waals surface area contributed by atoms with Crippen molar-refractivity contribution in [1.29, 1.82) is 0 Å². The highest BCUT2D eigenvalue weighted by Gasteiger charge is 2.44. The Balaban J connectivity index is 1.57. The Bertz CT molecular complexity index is 1360. The normalized spacial score (nSPS) is 35.1. The molecule has 12 nitrogen and oxygen atoms in total. The Morgan fingerprint density at radius 1 is 0.692 bits per heavy atom. The lowest BCUT2D eigenvalue weighted by Gasteiger charge is -2.39. The van der Waals surface area contributed by atoms with E-state index >= 15 is 0 Å². The zero-order valence-corrected chi connectivity index (χ0v) is 21.0. The quantitative estimate of drug-likeness (QED) is 0.249. The maximum atomic E-state index is 13.3. The van der Waals surface area contributed by atoms with Crippen LogP contribution in [0.1, 0.15) is 13.8 Å². The second kappa shape index (κ2) is 10.8. The molecule has 0 bridgehead atoms. The van der Waals surface area contributed by atoms with Gasteiger partial charge in [-0.3, -0.25) is 4.79 Å². The van der Waals surface area contributed by atoms with E-state index < -0.39 is 66.8 Å². The Morgan fingerprint density at radius 2 is 1.26 bits per heavy atom. The molecule has 5 rings (SSSR count). The lowest BCUT2D eigenvalue weighted by atomic mass is 10.00. The van der Waals surface area contributed by atoms with Crippen molar-refractivity contribution in [2.24, 2.45) is 0 Å². The summed E-state index contributed by atoms with van der Waals surface area (Å²) in [6.45, 7) is 2.98. The molecule has 2 fully saturated rings. The summed E-state index contributed by atoms with van der Waals surface area (Å²) in [4.78, 5) is 13.3. The van der Waals surface area contributed by atoms with E-state index in [4.69, 9.17) is 23.4 Å². The summed E-state index contributed by atoms with van der Waals surface area (Å²) in [5.41, 5.74) is 0.155. The molecular formula is C27H30O12. The molecule has 0 radical (unpaired) electrons. The van der Waals surface area contributed by atoms with Crippen LogP contribution in [0.2, 0.25) is 0 Å². The number of aliphatic hydroxyl groups is 6. The first kappa shape index (κ1) is 27.5. The van der Waals surface area contributed by atoms with Crippen molar-refractivity contribution < 1.29 is 54.0 Å². The van der Waals surface area contributed by atoms with Crippen molar-refractivity contribution in [2.45, 2.75) is 75.3 Å². The van der Waals surface area contributed by atoms with Crippen LogP contribution in [0.5, 0.6) is 11.5 Å². The molecule has 2 saturated heterocycles. The third kappa shape index (κ3) is 5.25. The molecule has 12 heteroatoms. The van der Waals surface area contributed by atoms with E-state index in [1.165, 1.54) is 32.0 Å². The van der Waals surface area contributed by atoms with Gasteiger partial charge in [0.15, 0.2) is 5.43 Å². The molecule has 1 aromatic heterocycles. The van der Waals surface area contributed by atoms with Crippen LogP contribution in [-0.2, 0) is 9.47 Å². The van der Waals surface area contributed by atoms with Gasteiger partial charge in [0.1, 0.15) is 64.9 Å². The molecular weight excluding hydrogens is 516 g/mol. The van der Waals surface area contributed by atoms with Gasteiger partial charge in [-0.15, -0.1) is 0 Å². The summed E-state index contributed by atoms with van der Waals surface area (Å²) in [6.07, 6.45) is -13.7. The molecule has 6 N–H and O–H groups in total. The fourth-order valence-corrected chi connectivity index (χ4v) is 4.61. The minimum Gasteiger partial charge on any atom is -0.462 e. The van der Waals surface area contributed by atoms with Crippen LogP contribution in [0.25, 0.3) is 22.3 Å². The summed E-state index contributed by atoms with van der Waals surface area (Å²) in [6, 6.07) is 12.8. The Labute approximate surface area is 222 Å². The van der Waals surface area contributed by atoms with E-state index in [2.05, 4.69) is 0 Å². The predicted molar refractivity (Wildman–Crippen MR) is 134 cm³/mol. The number of fused-ring (bicyclic) bond motifs is 1. The van der Waals surface area contributed by atoms with Crippen molar-refractivity contribution in [3.05, 3.63) is 58.8 Å². The highest BCUT2D eigenvalue weighted by molar-refractivity contribution is 5.86. The average Bonchev–Trinajstić information content (AvgIpc) is 2.92. The SMILES string of the molecule is CC1O[C@@H](Oc2cc(O[C@@H]3OC(C)[C@H](O)C(O)[C@@H]3O)c3c(=O)cc(-c4ccccc4)oc3c2)[C@@H](O)C(O)[C@H]1O. The van der Waals surface area contributed by atoms with E-state index in [9.17, 15) is 35.4 Å². The Kier molecular flexibility index (Phi) is 7.64. The third-order valence-electron chi connectivity index (χ3n) is 6.94. The molecule has 4 unspecified atom stereocenters. The van der Waals surface area contributed by atoms with E-state index in [-0.39, 0.29) is 28.2 Å². The van der Waals surface area contributed by atoms with Crippen LogP contribution < -0.4 is 14.9 Å².